The minimum atomic E-state index is -0.968. The van der Waals surface area contributed by atoms with Crippen LogP contribution in [0.4, 0.5) is 9.59 Å². The minimum absolute atomic E-state index is 0.104. The van der Waals surface area contributed by atoms with E-state index in [0.717, 1.165) is 27.5 Å². The van der Waals surface area contributed by atoms with Gasteiger partial charge in [-0.3, -0.25) is 14.4 Å². The summed E-state index contributed by atoms with van der Waals surface area (Å²) in [7, 11) is 0. The van der Waals surface area contributed by atoms with E-state index in [1.807, 2.05) is 118 Å². The number of amides is 5. The molecule has 0 aliphatic carbocycles. The number of carbonyl (C=O) groups excluding carboxylic acids is 5. The zero-order valence-corrected chi connectivity index (χ0v) is 34.1. The van der Waals surface area contributed by atoms with E-state index < -0.39 is 53.7 Å². The number of likely N-dealkylation sites (tertiary alicyclic amines) is 2. The van der Waals surface area contributed by atoms with Crippen molar-refractivity contribution in [2.24, 2.45) is 5.92 Å². The first kappa shape index (κ1) is 42.7. The predicted molar refractivity (Wildman–Crippen MR) is 223 cm³/mol. The molecule has 2 heterocycles. The lowest BCUT2D eigenvalue weighted by atomic mass is 9.95. The fourth-order valence-corrected chi connectivity index (χ4v) is 7.39. The first-order valence-electron chi connectivity index (χ1n) is 20.4. The van der Waals surface area contributed by atoms with Crippen LogP contribution in [-0.2, 0) is 48.2 Å². The van der Waals surface area contributed by atoms with Crippen molar-refractivity contribution in [1.82, 2.24) is 25.8 Å². The van der Waals surface area contributed by atoms with Crippen molar-refractivity contribution >= 4 is 40.7 Å². The van der Waals surface area contributed by atoms with Crippen molar-refractivity contribution < 1.29 is 38.2 Å². The summed E-state index contributed by atoms with van der Waals surface area (Å²) in [6.45, 7) is 6.91. The molecular weight excluding hydrogens is 751 g/mol. The molecule has 312 valence electrons. The van der Waals surface area contributed by atoms with E-state index in [2.05, 4.69) is 22.0 Å². The van der Waals surface area contributed by atoms with Crippen LogP contribution in [0.5, 0.6) is 0 Å². The molecule has 2 aliphatic heterocycles. The normalized spacial score (nSPS) is 17.5. The van der Waals surface area contributed by atoms with Gasteiger partial charge in [0.2, 0.25) is 17.7 Å². The third-order valence-corrected chi connectivity index (χ3v) is 10.5. The van der Waals surface area contributed by atoms with Crippen LogP contribution in [0.3, 0.4) is 0 Å². The molecule has 2 saturated heterocycles. The Balaban J connectivity index is 1.12. The smallest absolute Gasteiger partial charge is 0.410 e. The number of ether oxygens (including phenoxy) is 3. The van der Waals surface area contributed by atoms with Gasteiger partial charge < -0.3 is 40.0 Å². The van der Waals surface area contributed by atoms with E-state index >= 15 is 0 Å². The van der Waals surface area contributed by atoms with Gasteiger partial charge in [-0.15, -0.1) is 0 Å². The largest absolute Gasteiger partial charge is 0.445 e. The lowest BCUT2D eigenvalue weighted by Crippen LogP contribution is -2.56. The Hall–Kier alpha value is -5.95. The molecule has 2 aliphatic rings. The Morgan fingerprint density at radius 2 is 1.37 bits per heavy atom. The number of alkyl carbamates (subject to hydrolysis) is 1. The van der Waals surface area contributed by atoms with Crippen molar-refractivity contribution in [3.8, 4) is 0 Å². The molecule has 5 amide bonds. The number of fused-ring (bicyclic) bond motifs is 1. The van der Waals surface area contributed by atoms with Crippen molar-refractivity contribution in [2.45, 2.75) is 83.5 Å². The SMILES string of the molecule is CC(C)(C)OC(=O)N1CCC(C(=O)N[C@H](Cc2ccccc2)C(=O)N2C[C@H](OCc3ccc4ccccc4c3)C[C@@H]2C(=O)NCCNC(=O)OCc2ccccc2)CC1. The molecular formula is C46H55N5O8. The molecule has 3 N–H and O–H groups in total. The van der Waals surface area contributed by atoms with Gasteiger partial charge in [0.05, 0.1) is 12.7 Å². The van der Waals surface area contributed by atoms with Crippen LogP contribution in [0.15, 0.2) is 103 Å². The second kappa shape index (κ2) is 20.1. The maximum atomic E-state index is 14.7. The molecule has 2 fully saturated rings. The summed E-state index contributed by atoms with van der Waals surface area (Å²) in [5, 5.41) is 10.8. The van der Waals surface area contributed by atoms with Gasteiger partial charge in [0.15, 0.2) is 0 Å². The second-order valence-corrected chi connectivity index (χ2v) is 16.1. The predicted octanol–water partition coefficient (Wildman–Crippen LogP) is 5.74. The molecule has 0 bridgehead atoms. The maximum absolute atomic E-state index is 14.7. The Morgan fingerprint density at radius 3 is 2.07 bits per heavy atom. The van der Waals surface area contributed by atoms with Crippen LogP contribution < -0.4 is 16.0 Å². The van der Waals surface area contributed by atoms with Gasteiger partial charge in [0.1, 0.15) is 24.3 Å². The zero-order chi connectivity index (χ0) is 41.8. The van der Waals surface area contributed by atoms with Gasteiger partial charge in [-0.05, 0) is 67.1 Å². The summed E-state index contributed by atoms with van der Waals surface area (Å²) >= 11 is 0. The van der Waals surface area contributed by atoms with Crippen molar-refractivity contribution in [1.29, 1.82) is 0 Å². The summed E-state index contributed by atoms with van der Waals surface area (Å²) in [6.07, 6.45) is -0.189. The number of nitrogens with one attached hydrogen (secondary N) is 3. The van der Waals surface area contributed by atoms with Crippen LogP contribution in [-0.4, -0.2) is 96.2 Å². The third kappa shape index (κ3) is 12.5. The number of rotatable bonds is 14. The molecule has 3 atom stereocenters. The third-order valence-electron chi connectivity index (χ3n) is 10.5. The highest BCUT2D eigenvalue weighted by molar-refractivity contribution is 5.93. The summed E-state index contributed by atoms with van der Waals surface area (Å²) in [5.74, 6) is -1.48. The molecule has 13 nitrogen and oxygen atoms in total. The number of hydrogen-bond acceptors (Lipinski definition) is 8. The van der Waals surface area contributed by atoms with Crippen LogP contribution in [0, 0.1) is 5.92 Å². The van der Waals surface area contributed by atoms with Gasteiger partial charge >= 0.3 is 12.2 Å². The Labute approximate surface area is 345 Å². The molecule has 0 aromatic heterocycles. The van der Waals surface area contributed by atoms with Crippen molar-refractivity contribution in [3.05, 3.63) is 120 Å². The second-order valence-electron chi connectivity index (χ2n) is 16.1. The minimum Gasteiger partial charge on any atom is -0.445 e. The summed E-state index contributed by atoms with van der Waals surface area (Å²) < 4.78 is 17.2. The first-order valence-corrected chi connectivity index (χ1v) is 20.4. The Bertz CT molecular complexity index is 2050. The molecule has 4 aromatic carbocycles. The quantitative estimate of drug-likeness (QED) is 0.136. The number of benzene rings is 4. The van der Waals surface area contributed by atoms with Gasteiger partial charge in [0, 0.05) is 51.5 Å². The molecule has 59 heavy (non-hydrogen) atoms. The molecule has 0 unspecified atom stereocenters. The van der Waals surface area contributed by atoms with Gasteiger partial charge in [-0.1, -0.05) is 97.1 Å². The lowest BCUT2D eigenvalue weighted by Gasteiger charge is -2.34. The highest BCUT2D eigenvalue weighted by Crippen LogP contribution is 2.26. The fraction of sp³-hybridized carbons (Fsp3) is 0.413. The Morgan fingerprint density at radius 1 is 0.729 bits per heavy atom. The van der Waals surface area contributed by atoms with E-state index in [1.165, 1.54) is 4.90 Å². The number of piperidine rings is 1. The molecule has 13 heteroatoms. The van der Waals surface area contributed by atoms with E-state index in [9.17, 15) is 24.0 Å². The van der Waals surface area contributed by atoms with Crippen molar-refractivity contribution in [3.63, 3.8) is 0 Å². The number of nitrogens with zero attached hydrogens (tertiary/aromatic N) is 2. The molecule has 0 spiro atoms. The van der Waals surface area contributed by atoms with Gasteiger partial charge in [0.25, 0.3) is 0 Å². The topological polar surface area (TPSA) is 156 Å². The zero-order valence-electron chi connectivity index (χ0n) is 34.1. The molecule has 0 radical (unpaired) electrons. The standard InChI is InChI=1S/C46H55N5O8/c1-46(2,3)59-45(56)50-24-20-36(21-25-50)41(52)49-39(27-32-12-6-4-7-13-32)43(54)51-29-38(57-31-34-18-19-35-16-10-11-17-37(35)26-34)28-40(51)42(53)47-22-23-48-44(55)58-30-33-14-8-5-9-15-33/h4-19,26,36,38-40H,20-25,27-31H2,1-3H3,(H,47,53)(H,48,55)(H,49,52)/t38-,39-,40-/m1/s1. The average Bonchev–Trinajstić information content (AvgIpc) is 3.68. The van der Waals surface area contributed by atoms with Crippen molar-refractivity contribution in [2.75, 3.05) is 32.7 Å². The van der Waals surface area contributed by atoms with Crippen LogP contribution >= 0.6 is 0 Å². The van der Waals surface area contributed by atoms with Gasteiger partial charge in [-0.25, -0.2) is 9.59 Å². The molecule has 4 aromatic rings. The highest BCUT2D eigenvalue weighted by Gasteiger charge is 2.43. The maximum Gasteiger partial charge on any atom is 0.410 e. The van der Waals surface area contributed by atoms with Crippen LogP contribution in [0.25, 0.3) is 10.8 Å². The first-order chi connectivity index (χ1) is 28.4. The monoisotopic (exact) mass is 805 g/mol. The van der Waals surface area contributed by atoms with Gasteiger partial charge in [-0.2, -0.15) is 0 Å². The Kier molecular flexibility index (Phi) is 14.6. The number of carbonyl (C=O) groups is 5. The highest BCUT2D eigenvalue weighted by atomic mass is 16.6. The fourth-order valence-electron chi connectivity index (χ4n) is 7.39. The van der Waals surface area contributed by atoms with E-state index in [1.54, 1.807) is 4.90 Å². The number of hydrogen-bond donors (Lipinski definition) is 3. The van der Waals surface area contributed by atoms with Crippen LogP contribution in [0.1, 0.15) is 56.7 Å². The molecule has 0 saturated carbocycles. The van der Waals surface area contributed by atoms with E-state index in [4.69, 9.17) is 14.2 Å². The molecule has 6 rings (SSSR count). The lowest BCUT2D eigenvalue weighted by molar-refractivity contribution is -0.142. The van der Waals surface area contributed by atoms with E-state index in [-0.39, 0.29) is 51.6 Å². The summed E-state index contributed by atoms with van der Waals surface area (Å²) in [5.41, 5.74) is 2.03. The van der Waals surface area contributed by atoms with E-state index in [0.29, 0.717) is 25.9 Å². The average molecular weight is 806 g/mol. The summed E-state index contributed by atoms with van der Waals surface area (Å²) in [4.78, 5) is 70.5. The van der Waals surface area contributed by atoms with Crippen LogP contribution in [0.2, 0.25) is 0 Å². The summed E-state index contributed by atoms with van der Waals surface area (Å²) in [6, 6.07) is 31.1.